The number of nitrogens with one attached hydrogen (secondary N) is 3. The van der Waals surface area contributed by atoms with Crippen molar-refractivity contribution in [2.24, 2.45) is 0 Å². The number of urea groups is 1. The fourth-order valence-electron chi connectivity index (χ4n) is 3.50. The van der Waals surface area contributed by atoms with Gasteiger partial charge in [-0.3, -0.25) is 10.3 Å². The molecule has 13 heteroatoms. The molecule has 5 aromatic rings. The summed E-state index contributed by atoms with van der Waals surface area (Å²) in [6.45, 7) is 2.30. The normalized spacial score (nSPS) is 10.8. The second kappa shape index (κ2) is 10.4. The summed E-state index contributed by atoms with van der Waals surface area (Å²) in [7, 11) is 1.56. The Bertz CT molecular complexity index is 1630. The smallest absolute Gasteiger partial charge is 0.434 e. The molecule has 3 N–H and O–H groups in total. The Balaban J connectivity index is 1.59. The molecular weight excluding hydrogens is 496 g/mol. The number of carbonyl (C=O) groups excluding carboxylic acids is 1. The SMILES string of the molecule is CCNC(=O)Nc1cc(-c2nc(-c3cccc(OC)n3)cs2)c(-c2cncc(-c3n[nH]c(=O)o3)c2)cn1. The van der Waals surface area contributed by atoms with Crippen LogP contribution in [0.5, 0.6) is 5.88 Å². The number of hydrogen-bond donors (Lipinski definition) is 3. The van der Waals surface area contributed by atoms with Gasteiger partial charge in [0.2, 0.25) is 5.88 Å². The third-order valence-electron chi connectivity index (χ3n) is 5.15. The van der Waals surface area contributed by atoms with E-state index in [4.69, 9.17) is 14.1 Å². The van der Waals surface area contributed by atoms with Crippen LogP contribution in [0.4, 0.5) is 10.6 Å². The molecule has 186 valence electrons. The van der Waals surface area contributed by atoms with Gasteiger partial charge in [0, 0.05) is 53.3 Å². The van der Waals surface area contributed by atoms with Crippen LogP contribution in [0.25, 0.3) is 44.5 Å². The predicted octanol–water partition coefficient (Wildman–Crippen LogP) is 3.82. The summed E-state index contributed by atoms with van der Waals surface area (Å²) in [5, 5.41) is 14.1. The number of H-pyrrole nitrogens is 1. The quantitative estimate of drug-likeness (QED) is 0.292. The first-order chi connectivity index (χ1) is 18.0. The third-order valence-corrected chi connectivity index (χ3v) is 6.02. The summed E-state index contributed by atoms with van der Waals surface area (Å²) in [4.78, 5) is 41.5. The number of aromatic amines is 1. The Hall–Kier alpha value is -4.91. The highest BCUT2D eigenvalue weighted by Gasteiger charge is 2.17. The lowest BCUT2D eigenvalue weighted by Crippen LogP contribution is -2.28. The molecule has 0 aliphatic rings. The van der Waals surface area contributed by atoms with Gasteiger partial charge in [0.1, 0.15) is 16.5 Å². The first-order valence-corrected chi connectivity index (χ1v) is 12.0. The van der Waals surface area contributed by atoms with E-state index in [9.17, 15) is 9.59 Å². The van der Waals surface area contributed by atoms with Gasteiger partial charge in [-0.1, -0.05) is 6.07 Å². The van der Waals surface area contributed by atoms with Crippen LogP contribution >= 0.6 is 11.3 Å². The van der Waals surface area contributed by atoms with E-state index in [0.29, 0.717) is 56.9 Å². The van der Waals surface area contributed by atoms with Crippen LogP contribution < -0.4 is 21.1 Å². The van der Waals surface area contributed by atoms with E-state index in [1.165, 1.54) is 17.5 Å². The van der Waals surface area contributed by atoms with Gasteiger partial charge in [-0.05, 0) is 25.1 Å². The molecular formula is C24H20N8O4S. The molecule has 5 heterocycles. The van der Waals surface area contributed by atoms with Gasteiger partial charge in [0.05, 0.1) is 18.4 Å². The maximum absolute atomic E-state index is 12.1. The first-order valence-electron chi connectivity index (χ1n) is 11.1. The van der Waals surface area contributed by atoms with Crippen molar-refractivity contribution in [1.29, 1.82) is 0 Å². The molecule has 37 heavy (non-hydrogen) atoms. The lowest BCUT2D eigenvalue weighted by atomic mass is 10.0. The largest absolute Gasteiger partial charge is 0.481 e. The molecule has 2 amide bonds. The van der Waals surface area contributed by atoms with Gasteiger partial charge in [-0.15, -0.1) is 16.4 Å². The minimum Gasteiger partial charge on any atom is -0.481 e. The summed E-state index contributed by atoms with van der Waals surface area (Å²) < 4.78 is 10.3. The highest BCUT2D eigenvalue weighted by Crippen LogP contribution is 2.37. The van der Waals surface area contributed by atoms with Crippen LogP contribution in [0.3, 0.4) is 0 Å². The maximum Gasteiger partial charge on any atom is 0.434 e. The van der Waals surface area contributed by atoms with Crippen molar-refractivity contribution < 1.29 is 13.9 Å². The van der Waals surface area contributed by atoms with Crippen LogP contribution in [0.2, 0.25) is 0 Å². The molecule has 12 nitrogen and oxygen atoms in total. The minimum absolute atomic E-state index is 0.115. The Morgan fingerprint density at radius 3 is 2.76 bits per heavy atom. The first kappa shape index (κ1) is 23.8. The summed E-state index contributed by atoms with van der Waals surface area (Å²) in [6.07, 6.45) is 4.82. The lowest BCUT2D eigenvalue weighted by molar-refractivity contribution is 0.252. The van der Waals surface area contributed by atoms with E-state index >= 15 is 0 Å². The highest BCUT2D eigenvalue weighted by atomic mass is 32.1. The molecule has 0 aliphatic heterocycles. The monoisotopic (exact) mass is 516 g/mol. The number of amides is 2. The van der Waals surface area contributed by atoms with Crippen molar-refractivity contribution in [2.75, 3.05) is 19.0 Å². The summed E-state index contributed by atoms with van der Waals surface area (Å²) in [5.74, 6) is 0.287. The highest BCUT2D eigenvalue weighted by molar-refractivity contribution is 7.13. The maximum atomic E-state index is 12.1. The molecule has 0 aliphatic carbocycles. The standard InChI is InChI=1S/C24H20N8O4S/c1-3-26-23(33)30-19-8-15(22-29-18(12-37-22)17-5-4-6-20(28-17)35-2)16(11-27-19)13-7-14(10-25-9-13)21-31-32-24(34)36-21/h4-12H,3H2,1-2H3,(H,32,34)(H2,26,27,30,33). The zero-order chi connectivity index (χ0) is 25.8. The van der Waals surface area contributed by atoms with E-state index in [1.807, 2.05) is 24.4 Å². The molecule has 0 spiro atoms. The number of thiazole rings is 1. The van der Waals surface area contributed by atoms with Gasteiger partial charge in [0.15, 0.2) is 0 Å². The molecule has 0 bridgehead atoms. The number of ether oxygens (including phenoxy) is 1. The van der Waals surface area contributed by atoms with Gasteiger partial charge in [-0.25, -0.2) is 29.6 Å². The van der Waals surface area contributed by atoms with Crippen molar-refractivity contribution in [1.82, 2.24) is 35.5 Å². The summed E-state index contributed by atoms with van der Waals surface area (Å²) in [6, 6.07) is 8.61. The van der Waals surface area contributed by atoms with Gasteiger partial charge in [0.25, 0.3) is 5.89 Å². The lowest BCUT2D eigenvalue weighted by Gasteiger charge is -2.11. The number of methoxy groups -OCH3 is 1. The molecule has 5 aromatic heterocycles. The van der Waals surface area contributed by atoms with Crippen LogP contribution in [0.1, 0.15) is 6.92 Å². The molecule has 5 rings (SSSR count). The van der Waals surface area contributed by atoms with Crippen LogP contribution in [-0.2, 0) is 0 Å². The molecule has 0 aromatic carbocycles. The third kappa shape index (κ3) is 5.21. The molecule has 0 saturated carbocycles. The molecule has 0 unspecified atom stereocenters. The minimum atomic E-state index is -0.662. The van der Waals surface area contributed by atoms with Crippen LogP contribution in [0, 0.1) is 0 Å². The average Bonchev–Trinajstić information content (AvgIpc) is 3.59. The second-order valence-electron chi connectivity index (χ2n) is 7.58. The topological polar surface area (TPSA) is 161 Å². The predicted molar refractivity (Wildman–Crippen MR) is 137 cm³/mol. The van der Waals surface area contributed by atoms with Crippen molar-refractivity contribution in [2.45, 2.75) is 6.92 Å². The molecule has 0 radical (unpaired) electrons. The Morgan fingerprint density at radius 2 is 1.97 bits per heavy atom. The number of carbonyl (C=O) groups is 1. The molecule has 0 atom stereocenters. The van der Waals surface area contributed by atoms with Crippen molar-refractivity contribution >= 4 is 23.2 Å². The fraction of sp³-hybridized carbons (Fsp3) is 0.125. The Labute approximate surface area is 213 Å². The molecule has 0 fully saturated rings. The van der Waals surface area contributed by atoms with E-state index in [-0.39, 0.29) is 11.9 Å². The number of anilines is 1. The Kier molecular flexibility index (Phi) is 6.68. The van der Waals surface area contributed by atoms with E-state index in [2.05, 4.69) is 35.8 Å². The fourth-order valence-corrected chi connectivity index (χ4v) is 4.34. The van der Waals surface area contributed by atoms with E-state index < -0.39 is 5.76 Å². The second-order valence-corrected chi connectivity index (χ2v) is 8.44. The van der Waals surface area contributed by atoms with Gasteiger partial charge in [-0.2, -0.15) is 0 Å². The zero-order valence-electron chi connectivity index (χ0n) is 19.7. The summed E-state index contributed by atoms with van der Waals surface area (Å²) in [5.41, 5.74) is 3.94. The number of pyridine rings is 3. The van der Waals surface area contributed by atoms with Crippen molar-refractivity contribution in [3.63, 3.8) is 0 Å². The van der Waals surface area contributed by atoms with Gasteiger partial charge < -0.3 is 14.5 Å². The van der Waals surface area contributed by atoms with Gasteiger partial charge >= 0.3 is 11.8 Å². The van der Waals surface area contributed by atoms with Crippen LogP contribution in [0.15, 0.2) is 63.5 Å². The number of hydrogen-bond acceptors (Lipinski definition) is 10. The number of nitrogens with zero attached hydrogens (tertiary/aromatic N) is 5. The summed E-state index contributed by atoms with van der Waals surface area (Å²) >= 11 is 1.42. The Morgan fingerprint density at radius 1 is 1.11 bits per heavy atom. The van der Waals surface area contributed by atoms with E-state index in [0.717, 1.165) is 0 Å². The zero-order valence-corrected chi connectivity index (χ0v) is 20.5. The van der Waals surface area contributed by atoms with E-state index in [1.54, 1.807) is 37.7 Å². The van der Waals surface area contributed by atoms with Crippen molar-refractivity contribution in [3.8, 4) is 50.4 Å². The van der Waals surface area contributed by atoms with Crippen LogP contribution in [-0.4, -0.2) is 49.8 Å². The van der Waals surface area contributed by atoms with Crippen molar-refractivity contribution in [3.05, 3.63) is 64.9 Å². The number of aromatic nitrogens is 6. The average molecular weight is 517 g/mol. The molecule has 0 saturated heterocycles. The number of rotatable bonds is 7.